The number of hydrogen-bond acceptors (Lipinski definition) is 4. The van der Waals surface area contributed by atoms with Gasteiger partial charge in [-0.2, -0.15) is 4.98 Å². The minimum atomic E-state index is 0.233. The number of ether oxygens (including phenoxy) is 2. The Balaban J connectivity index is 2.44. The molecule has 106 valence electrons. The van der Waals surface area contributed by atoms with Crippen molar-refractivity contribution in [1.29, 1.82) is 0 Å². The average molecular weight is 293 g/mol. The van der Waals surface area contributed by atoms with E-state index in [1.165, 1.54) is 13.4 Å². The lowest BCUT2D eigenvalue weighted by Crippen LogP contribution is -1.99. The first-order valence-corrected chi connectivity index (χ1v) is 6.73. The van der Waals surface area contributed by atoms with Crippen LogP contribution < -0.4 is 9.47 Å². The summed E-state index contributed by atoms with van der Waals surface area (Å²) in [5.74, 6) is 1.76. The smallest absolute Gasteiger partial charge is 0.267 e. The molecular formula is C15H17ClN2O2. The van der Waals surface area contributed by atoms with E-state index in [9.17, 15) is 0 Å². The van der Waals surface area contributed by atoms with Crippen molar-refractivity contribution in [3.8, 4) is 17.4 Å². The van der Waals surface area contributed by atoms with E-state index in [1.54, 1.807) is 0 Å². The maximum Gasteiger partial charge on any atom is 0.267 e. The van der Waals surface area contributed by atoms with Crippen molar-refractivity contribution in [2.75, 3.05) is 7.11 Å². The largest absolute Gasteiger partial charge is 0.489 e. The van der Waals surface area contributed by atoms with Crippen LogP contribution in [0.5, 0.6) is 17.4 Å². The van der Waals surface area contributed by atoms with Crippen LogP contribution in [0.3, 0.4) is 0 Å². The van der Waals surface area contributed by atoms with Crippen LogP contribution in [0.25, 0.3) is 0 Å². The van der Waals surface area contributed by atoms with Gasteiger partial charge in [0.25, 0.3) is 5.88 Å². The number of hydrogen-bond donors (Lipinski definition) is 0. The van der Waals surface area contributed by atoms with Crippen LogP contribution in [0.4, 0.5) is 0 Å². The number of rotatable bonds is 4. The third-order valence-corrected chi connectivity index (χ3v) is 3.20. The van der Waals surface area contributed by atoms with Gasteiger partial charge in [0.05, 0.1) is 7.11 Å². The standard InChI is InChI=1S/C15H17ClN2O2/c1-9(2)11-6-5-10(3)7-12(11)20-15-13(19-4)14(16)17-8-18-15/h5-9H,1-4H3. The highest BCUT2D eigenvalue weighted by atomic mass is 35.5. The Kier molecular flexibility index (Phi) is 4.45. The predicted octanol–water partition coefficient (Wildman–Crippen LogP) is 4.36. The predicted molar refractivity (Wildman–Crippen MR) is 78.9 cm³/mol. The van der Waals surface area contributed by atoms with Gasteiger partial charge in [-0.1, -0.05) is 37.6 Å². The SMILES string of the molecule is COc1c(Cl)ncnc1Oc1cc(C)ccc1C(C)C. The summed E-state index contributed by atoms with van der Waals surface area (Å²) in [7, 11) is 1.51. The molecule has 5 heteroatoms. The second-order valence-electron chi connectivity index (χ2n) is 4.80. The molecule has 2 aromatic rings. The van der Waals surface area contributed by atoms with Crippen LogP contribution in [0.15, 0.2) is 24.5 Å². The highest BCUT2D eigenvalue weighted by Gasteiger charge is 2.15. The van der Waals surface area contributed by atoms with Gasteiger partial charge in [0.2, 0.25) is 5.75 Å². The molecule has 0 spiro atoms. The first-order valence-electron chi connectivity index (χ1n) is 6.35. The second-order valence-corrected chi connectivity index (χ2v) is 5.16. The molecule has 4 nitrogen and oxygen atoms in total. The van der Waals surface area contributed by atoms with E-state index in [0.717, 1.165) is 16.9 Å². The van der Waals surface area contributed by atoms with Gasteiger partial charge < -0.3 is 9.47 Å². The quantitative estimate of drug-likeness (QED) is 0.785. The molecule has 1 aromatic heterocycles. The third kappa shape index (κ3) is 3.02. The Hall–Kier alpha value is -1.81. The summed E-state index contributed by atoms with van der Waals surface area (Å²) in [6.07, 6.45) is 1.35. The Morgan fingerprint density at radius 2 is 1.95 bits per heavy atom. The van der Waals surface area contributed by atoms with Crippen LogP contribution in [-0.2, 0) is 0 Å². The Morgan fingerprint density at radius 1 is 1.20 bits per heavy atom. The molecule has 1 heterocycles. The van der Waals surface area contributed by atoms with Crippen LogP contribution in [0, 0.1) is 6.92 Å². The highest BCUT2D eigenvalue weighted by molar-refractivity contribution is 6.31. The van der Waals surface area contributed by atoms with Crippen LogP contribution in [-0.4, -0.2) is 17.1 Å². The molecule has 0 aliphatic heterocycles. The maximum absolute atomic E-state index is 5.97. The summed E-state index contributed by atoms with van der Waals surface area (Å²) < 4.78 is 11.1. The van der Waals surface area contributed by atoms with Crippen molar-refractivity contribution >= 4 is 11.6 Å². The summed E-state index contributed by atoms with van der Waals surface area (Å²) in [4.78, 5) is 7.97. The number of nitrogens with zero attached hydrogens (tertiary/aromatic N) is 2. The van der Waals surface area contributed by atoms with Gasteiger partial charge in [0.1, 0.15) is 12.1 Å². The van der Waals surface area contributed by atoms with Gasteiger partial charge >= 0.3 is 0 Å². The van der Waals surface area contributed by atoms with Gasteiger partial charge in [-0.3, -0.25) is 0 Å². The fourth-order valence-electron chi connectivity index (χ4n) is 1.89. The first-order chi connectivity index (χ1) is 9.52. The molecule has 0 amide bonds. The molecule has 0 bridgehead atoms. The lowest BCUT2D eigenvalue weighted by Gasteiger charge is -2.15. The molecule has 0 atom stereocenters. The Labute approximate surface area is 123 Å². The van der Waals surface area contributed by atoms with Crippen molar-refractivity contribution in [2.45, 2.75) is 26.7 Å². The zero-order chi connectivity index (χ0) is 14.7. The molecule has 0 fully saturated rings. The van der Waals surface area contributed by atoms with Gasteiger partial charge in [-0.25, -0.2) is 4.98 Å². The van der Waals surface area contributed by atoms with E-state index in [-0.39, 0.29) is 5.15 Å². The monoisotopic (exact) mass is 292 g/mol. The maximum atomic E-state index is 5.97. The lowest BCUT2D eigenvalue weighted by atomic mass is 10.0. The van der Waals surface area contributed by atoms with Gasteiger partial charge in [0, 0.05) is 0 Å². The van der Waals surface area contributed by atoms with Gasteiger partial charge in [-0.15, -0.1) is 0 Å². The van der Waals surface area contributed by atoms with E-state index < -0.39 is 0 Å². The summed E-state index contributed by atoms with van der Waals surface area (Å²) in [6.45, 7) is 6.24. The van der Waals surface area contributed by atoms with Crippen LogP contribution in [0.2, 0.25) is 5.15 Å². The minimum absolute atomic E-state index is 0.233. The van der Waals surface area contributed by atoms with E-state index >= 15 is 0 Å². The summed E-state index contributed by atoms with van der Waals surface area (Å²) >= 11 is 5.97. The van der Waals surface area contributed by atoms with Gasteiger partial charge in [0.15, 0.2) is 5.15 Å². The zero-order valence-corrected chi connectivity index (χ0v) is 12.7. The summed E-state index contributed by atoms with van der Waals surface area (Å²) in [5, 5.41) is 0.233. The third-order valence-electron chi connectivity index (χ3n) is 2.93. The topological polar surface area (TPSA) is 44.2 Å². The first kappa shape index (κ1) is 14.6. The molecule has 0 saturated carbocycles. The van der Waals surface area contributed by atoms with E-state index in [0.29, 0.717) is 17.5 Å². The molecule has 20 heavy (non-hydrogen) atoms. The van der Waals surface area contributed by atoms with Crippen LogP contribution >= 0.6 is 11.6 Å². The molecular weight excluding hydrogens is 276 g/mol. The molecule has 0 aliphatic carbocycles. The minimum Gasteiger partial charge on any atom is -0.489 e. The normalized spacial score (nSPS) is 10.7. The molecule has 0 N–H and O–H groups in total. The fourth-order valence-corrected chi connectivity index (χ4v) is 2.09. The molecule has 1 aromatic carbocycles. The lowest BCUT2D eigenvalue weighted by molar-refractivity contribution is 0.365. The second kappa shape index (κ2) is 6.09. The Bertz CT molecular complexity index is 615. The van der Waals surface area contributed by atoms with Crippen molar-refractivity contribution in [3.63, 3.8) is 0 Å². The van der Waals surface area contributed by atoms with Crippen molar-refractivity contribution in [2.24, 2.45) is 0 Å². The van der Waals surface area contributed by atoms with E-state index in [2.05, 4.69) is 35.9 Å². The number of halogens is 1. The van der Waals surface area contributed by atoms with Crippen molar-refractivity contribution in [3.05, 3.63) is 40.8 Å². The molecule has 0 aliphatic rings. The molecule has 0 saturated heterocycles. The van der Waals surface area contributed by atoms with Crippen molar-refractivity contribution < 1.29 is 9.47 Å². The van der Waals surface area contributed by atoms with E-state index in [1.807, 2.05) is 13.0 Å². The fraction of sp³-hybridized carbons (Fsp3) is 0.333. The average Bonchev–Trinajstić information content (AvgIpc) is 2.38. The molecule has 0 unspecified atom stereocenters. The van der Waals surface area contributed by atoms with Crippen LogP contribution in [0.1, 0.15) is 30.9 Å². The number of aryl methyl sites for hydroxylation is 1. The number of benzene rings is 1. The highest BCUT2D eigenvalue weighted by Crippen LogP contribution is 2.37. The van der Waals surface area contributed by atoms with Gasteiger partial charge in [-0.05, 0) is 30.0 Å². The van der Waals surface area contributed by atoms with E-state index in [4.69, 9.17) is 21.1 Å². The Morgan fingerprint density at radius 3 is 2.60 bits per heavy atom. The summed E-state index contributed by atoms with van der Waals surface area (Å²) in [6, 6.07) is 6.10. The molecule has 0 radical (unpaired) electrons. The molecule has 2 rings (SSSR count). The van der Waals surface area contributed by atoms with Crippen molar-refractivity contribution in [1.82, 2.24) is 9.97 Å². The number of aromatic nitrogens is 2. The number of methoxy groups -OCH3 is 1. The zero-order valence-electron chi connectivity index (χ0n) is 12.0. The summed E-state index contributed by atoms with van der Waals surface area (Å²) in [5.41, 5.74) is 2.22.